The first-order valence-corrected chi connectivity index (χ1v) is 9.85. The maximum Gasteiger partial charge on any atom is 0.322 e. The highest BCUT2D eigenvalue weighted by atomic mass is 16.5. The lowest BCUT2D eigenvalue weighted by atomic mass is 9.93. The van der Waals surface area contributed by atoms with Crippen LogP contribution in [0.4, 0.5) is 10.5 Å². The molecule has 1 aromatic heterocycles. The van der Waals surface area contributed by atoms with Crippen molar-refractivity contribution in [1.29, 1.82) is 0 Å². The minimum atomic E-state index is -0.202. The molecule has 4 rings (SSSR count). The number of carbonyl (C=O) groups excluding carboxylic acids is 1. The van der Waals surface area contributed by atoms with Gasteiger partial charge in [-0.25, -0.2) is 4.79 Å². The van der Waals surface area contributed by atoms with Crippen molar-refractivity contribution in [2.75, 3.05) is 26.1 Å². The van der Waals surface area contributed by atoms with Gasteiger partial charge < -0.3 is 24.3 Å². The highest BCUT2D eigenvalue weighted by molar-refractivity contribution is 6.01. The van der Waals surface area contributed by atoms with E-state index in [-0.39, 0.29) is 17.6 Å². The summed E-state index contributed by atoms with van der Waals surface area (Å²) in [6.07, 6.45) is 2.39. The smallest absolute Gasteiger partial charge is 0.322 e. The Kier molecular flexibility index (Phi) is 5.11. The van der Waals surface area contributed by atoms with Gasteiger partial charge in [-0.05, 0) is 42.7 Å². The first-order chi connectivity index (χ1) is 14.4. The van der Waals surface area contributed by atoms with Gasteiger partial charge in [0.25, 0.3) is 5.56 Å². The van der Waals surface area contributed by atoms with E-state index in [0.29, 0.717) is 29.1 Å². The maximum absolute atomic E-state index is 13.2. The van der Waals surface area contributed by atoms with Gasteiger partial charge in [-0.2, -0.15) is 0 Å². The Balaban J connectivity index is 1.65. The molecule has 2 heterocycles. The molecule has 1 unspecified atom stereocenters. The number of ether oxygens (including phenoxy) is 2. The topological polar surface area (TPSA) is 72.8 Å². The molecule has 0 aliphatic carbocycles. The molecule has 0 bridgehead atoms. The molecular weight excluding hydrogens is 382 g/mol. The van der Waals surface area contributed by atoms with Gasteiger partial charge in [0, 0.05) is 30.6 Å². The Morgan fingerprint density at radius 2 is 1.77 bits per heavy atom. The lowest BCUT2D eigenvalue weighted by Crippen LogP contribution is -2.41. The van der Waals surface area contributed by atoms with Gasteiger partial charge in [0.2, 0.25) is 0 Å². The number of amides is 2. The van der Waals surface area contributed by atoms with Gasteiger partial charge in [-0.3, -0.25) is 4.79 Å². The van der Waals surface area contributed by atoms with Crippen molar-refractivity contribution in [3.63, 3.8) is 0 Å². The summed E-state index contributed by atoms with van der Waals surface area (Å²) in [6, 6.07) is 10.9. The molecule has 0 fully saturated rings. The van der Waals surface area contributed by atoms with E-state index in [1.165, 1.54) is 4.57 Å². The van der Waals surface area contributed by atoms with Gasteiger partial charge in [0.1, 0.15) is 0 Å². The number of methoxy groups -OCH3 is 2. The van der Waals surface area contributed by atoms with E-state index in [1.807, 2.05) is 37.3 Å². The summed E-state index contributed by atoms with van der Waals surface area (Å²) in [5.41, 5.74) is 2.71. The second-order valence-electron chi connectivity index (χ2n) is 7.46. The van der Waals surface area contributed by atoms with E-state index in [0.717, 1.165) is 22.9 Å². The molecule has 0 saturated heterocycles. The Morgan fingerprint density at radius 3 is 2.47 bits per heavy atom. The summed E-state index contributed by atoms with van der Waals surface area (Å²) in [5.74, 6) is 1.34. The number of benzene rings is 2. The predicted molar refractivity (Wildman–Crippen MR) is 117 cm³/mol. The number of pyridine rings is 1. The summed E-state index contributed by atoms with van der Waals surface area (Å²) < 4.78 is 12.3. The van der Waals surface area contributed by atoms with Gasteiger partial charge in [-0.1, -0.05) is 18.2 Å². The number of hydrogen-bond acceptors (Lipinski definition) is 4. The molecule has 2 amide bonds. The normalized spacial score (nSPS) is 15.6. The first-order valence-electron chi connectivity index (χ1n) is 9.85. The largest absolute Gasteiger partial charge is 0.493 e. The number of rotatable bonds is 3. The third-order valence-corrected chi connectivity index (χ3v) is 5.78. The van der Waals surface area contributed by atoms with Crippen LogP contribution in [0.5, 0.6) is 11.5 Å². The minimum Gasteiger partial charge on any atom is -0.493 e. The Hall–Kier alpha value is -3.48. The van der Waals surface area contributed by atoms with Crippen molar-refractivity contribution in [3.05, 3.63) is 64.1 Å². The summed E-state index contributed by atoms with van der Waals surface area (Å²) in [4.78, 5) is 27.4. The Bertz CT molecular complexity index is 1190. The van der Waals surface area contributed by atoms with Crippen molar-refractivity contribution < 1.29 is 14.3 Å². The SMILES string of the molecule is COc1cc2c(cc1OC)C(C)N(C(=O)Nc1cn(C)c(=O)c3ccccc13)CC2. The third-order valence-electron chi connectivity index (χ3n) is 5.78. The molecule has 7 heteroatoms. The monoisotopic (exact) mass is 407 g/mol. The number of anilines is 1. The van der Waals surface area contributed by atoms with Crippen LogP contribution in [-0.4, -0.2) is 36.3 Å². The van der Waals surface area contributed by atoms with E-state index in [2.05, 4.69) is 5.32 Å². The second-order valence-corrected chi connectivity index (χ2v) is 7.46. The lowest BCUT2D eigenvalue weighted by molar-refractivity contribution is 0.188. The molecular formula is C23H25N3O4. The van der Waals surface area contributed by atoms with Crippen LogP contribution in [0.1, 0.15) is 24.1 Å². The lowest BCUT2D eigenvalue weighted by Gasteiger charge is -2.35. The molecule has 1 N–H and O–H groups in total. The van der Waals surface area contributed by atoms with Crippen LogP contribution in [0.15, 0.2) is 47.4 Å². The molecule has 0 radical (unpaired) electrons. The number of urea groups is 1. The Labute approximate surface area is 174 Å². The van der Waals surface area contributed by atoms with Crippen LogP contribution in [-0.2, 0) is 13.5 Å². The van der Waals surface area contributed by atoms with Crippen molar-refractivity contribution in [2.24, 2.45) is 7.05 Å². The van der Waals surface area contributed by atoms with Crippen molar-refractivity contribution in [3.8, 4) is 11.5 Å². The zero-order valence-corrected chi connectivity index (χ0v) is 17.6. The highest BCUT2D eigenvalue weighted by Crippen LogP contribution is 2.38. The standard InChI is InChI=1S/C23H25N3O4/c1-14-18-12-21(30-4)20(29-3)11-15(18)9-10-26(14)23(28)24-19-13-25(2)22(27)17-8-6-5-7-16(17)19/h5-8,11-14H,9-10H2,1-4H3,(H,24,28). The quantitative estimate of drug-likeness (QED) is 0.718. The van der Waals surface area contributed by atoms with Crippen LogP contribution >= 0.6 is 0 Å². The van der Waals surface area contributed by atoms with E-state index in [4.69, 9.17) is 9.47 Å². The van der Waals surface area contributed by atoms with E-state index >= 15 is 0 Å². The average Bonchev–Trinajstić information content (AvgIpc) is 2.76. The van der Waals surface area contributed by atoms with E-state index in [1.54, 1.807) is 38.4 Å². The van der Waals surface area contributed by atoms with E-state index in [9.17, 15) is 9.59 Å². The molecule has 2 aromatic carbocycles. The predicted octanol–water partition coefficient (Wildman–Crippen LogP) is 3.71. The molecule has 1 atom stereocenters. The molecule has 156 valence electrons. The van der Waals surface area contributed by atoms with Gasteiger partial charge in [0.15, 0.2) is 11.5 Å². The van der Waals surface area contributed by atoms with Crippen LogP contribution < -0.4 is 20.3 Å². The van der Waals surface area contributed by atoms with Crippen LogP contribution in [0.3, 0.4) is 0 Å². The second kappa shape index (κ2) is 7.74. The van der Waals surface area contributed by atoms with Gasteiger partial charge in [-0.15, -0.1) is 0 Å². The average molecular weight is 407 g/mol. The zero-order valence-electron chi connectivity index (χ0n) is 17.6. The number of nitrogens with zero attached hydrogens (tertiary/aromatic N) is 2. The number of aromatic nitrogens is 1. The molecule has 0 spiro atoms. The van der Waals surface area contributed by atoms with Crippen molar-refractivity contribution >= 4 is 22.5 Å². The molecule has 30 heavy (non-hydrogen) atoms. The fourth-order valence-corrected chi connectivity index (χ4v) is 4.12. The molecule has 1 aliphatic heterocycles. The zero-order chi connectivity index (χ0) is 21.4. The summed E-state index contributed by atoms with van der Waals surface area (Å²) in [6.45, 7) is 2.58. The number of aryl methyl sites for hydroxylation is 1. The van der Waals surface area contributed by atoms with Crippen LogP contribution in [0.25, 0.3) is 10.8 Å². The van der Waals surface area contributed by atoms with E-state index < -0.39 is 0 Å². The number of carbonyl (C=O) groups is 1. The summed E-state index contributed by atoms with van der Waals surface area (Å²) in [7, 11) is 4.91. The highest BCUT2D eigenvalue weighted by Gasteiger charge is 2.29. The minimum absolute atomic E-state index is 0.0927. The number of hydrogen-bond donors (Lipinski definition) is 1. The number of fused-ring (bicyclic) bond motifs is 2. The summed E-state index contributed by atoms with van der Waals surface area (Å²) in [5, 5.41) is 4.31. The fraction of sp³-hybridized carbons (Fsp3) is 0.304. The van der Waals surface area contributed by atoms with Crippen LogP contribution in [0, 0.1) is 0 Å². The van der Waals surface area contributed by atoms with Crippen molar-refractivity contribution in [2.45, 2.75) is 19.4 Å². The maximum atomic E-state index is 13.2. The van der Waals surface area contributed by atoms with Gasteiger partial charge >= 0.3 is 6.03 Å². The molecule has 7 nitrogen and oxygen atoms in total. The molecule has 0 saturated carbocycles. The van der Waals surface area contributed by atoms with Crippen molar-refractivity contribution in [1.82, 2.24) is 9.47 Å². The van der Waals surface area contributed by atoms with Crippen LogP contribution in [0.2, 0.25) is 0 Å². The molecule has 3 aromatic rings. The third kappa shape index (κ3) is 3.26. The summed E-state index contributed by atoms with van der Waals surface area (Å²) >= 11 is 0. The number of nitrogens with one attached hydrogen (secondary N) is 1. The molecule has 1 aliphatic rings. The first kappa shape index (κ1) is 19.8. The Morgan fingerprint density at radius 1 is 1.10 bits per heavy atom. The van der Waals surface area contributed by atoms with Gasteiger partial charge in [0.05, 0.1) is 25.9 Å². The fourth-order valence-electron chi connectivity index (χ4n) is 4.12.